The molecule has 2 aromatic carbocycles. The van der Waals surface area contributed by atoms with Crippen molar-refractivity contribution in [3.8, 4) is 5.75 Å². The Balaban J connectivity index is 1.30. The quantitative estimate of drug-likeness (QED) is 0.226. The van der Waals surface area contributed by atoms with Gasteiger partial charge in [0.1, 0.15) is 5.75 Å². The molecule has 1 fully saturated rings. The summed E-state index contributed by atoms with van der Waals surface area (Å²) in [5.74, 6) is 0.452. The van der Waals surface area contributed by atoms with Crippen LogP contribution in [0.25, 0.3) is 0 Å². The van der Waals surface area contributed by atoms with E-state index in [4.69, 9.17) is 9.47 Å². The molecule has 5 rings (SSSR count). The minimum absolute atomic E-state index is 0.0143. The average Bonchev–Trinajstić information content (AvgIpc) is 3.27. The summed E-state index contributed by atoms with van der Waals surface area (Å²) in [6, 6.07) is 11.7. The lowest BCUT2D eigenvalue weighted by atomic mass is 9.82. The van der Waals surface area contributed by atoms with Gasteiger partial charge in [0, 0.05) is 63.0 Å². The standard InChI is InChI=1S/C34H43F3N6O3/c1-33(2)30-22(8-6-9-28(30)39-31(33)44)10-12-26-25(34(35,36)37)21-38-32(40-26)41-27-13-11-24(20-29(27)46-5)43-17-14-23(15-18-43)42(3)16-7-19-45-4/h6,8-9,11,13,20-21,23H,7,10,12,14-19H2,1-5H3,(H,39,44)(H,38,40,41). The smallest absolute Gasteiger partial charge is 0.419 e. The monoisotopic (exact) mass is 640 g/mol. The van der Waals surface area contributed by atoms with Crippen molar-refractivity contribution in [1.82, 2.24) is 14.9 Å². The van der Waals surface area contributed by atoms with E-state index in [9.17, 15) is 18.0 Å². The number of carbonyl (C=O) groups excluding carboxylic acids is 1. The molecule has 0 aliphatic carbocycles. The van der Waals surface area contributed by atoms with Crippen molar-refractivity contribution < 1.29 is 27.4 Å². The minimum Gasteiger partial charge on any atom is -0.494 e. The number of carbonyl (C=O) groups is 1. The summed E-state index contributed by atoms with van der Waals surface area (Å²) >= 11 is 0. The van der Waals surface area contributed by atoms with E-state index in [-0.39, 0.29) is 30.4 Å². The molecule has 0 unspecified atom stereocenters. The SMILES string of the molecule is COCCCN(C)C1CCN(c2ccc(Nc3ncc(C(F)(F)F)c(CCc4cccc5c4C(C)(C)C(=O)N5)n3)c(OC)c2)CC1. The van der Waals surface area contributed by atoms with Crippen LogP contribution >= 0.6 is 0 Å². The predicted molar refractivity (Wildman–Crippen MR) is 173 cm³/mol. The van der Waals surface area contributed by atoms with Crippen molar-refractivity contribution in [3.05, 3.63) is 65.0 Å². The summed E-state index contributed by atoms with van der Waals surface area (Å²) in [4.78, 5) is 25.6. The molecule has 12 heteroatoms. The maximum Gasteiger partial charge on any atom is 0.419 e. The van der Waals surface area contributed by atoms with Crippen LogP contribution in [0.2, 0.25) is 0 Å². The molecule has 248 valence electrons. The number of benzene rings is 2. The largest absolute Gasteiger partial charge is 0.494 e. The summed E-state index contributed by atoms with van der Waals surface area (Å²) in [6.45, 7) is 7.22. The van der Waals surface area contributed by atoms with Gasteiger partial charge in [-0.3, -0.25) is 4.79 Å². The second-order valence-corrected chi connectivity index (χ2v) is 12.5. The lowest BCUT2D eigenvalue weighted by Crippen LogP contribution is -2.43. The maximum absolute atomic E-state index is 14.0. The van der Waals surface area contributed by atoms with E-state index in [2.05, 4.69) is 37.4 Å². The molecule has 0 saturated carbocycles. The molecular formula is C34H43F3N6O3. The number of hydrogen-bond acceptors (Lipinski definition) is 8. The molecule has 0 bridgehead atoms. The molecule has 9 nitrogen and oxygen atoms in total. The number of piperidine rings is 1. The Hall–Kier alpha value is -3.90. The first-order valence-electron chi connectivity index (χ1n) is 15.7. The van der Waals surface area contributed by atoms with Gasteiger partial charge in [0.25, 0.3) is 0 Å². The van der Waals surface area contributed by atoms with Gasteiger partial charge in [-0.1, -0.05) is 12.1 Å². The fourth-order valence-corrected chi connectivity index (χ4v) is 6.51. The first-order valence-corrected chi connectivity index (χ1v) is 15.7. The van der Waals surface area contributed by atoms with E-state index in [1.807, 2.05) is 44.2 Å². The molecule has 2 aliphatic heterocycles. The number of halogens is 3. The Bertz CT molecular complexity index is 1540. The first kappa shape index (κ1) is 33.5. The number of alkyl halides is 3. The molecule has 1 aromatic heterocycles. The lowest BCUT2D eigenvalue weighted by molar-refractivity contribution is -0.138. The highest BCUT2D eigenvalue weighted by atomic mass is 19.4. The number of nitrogens with zero attached hydrogens (tertiary/aromatic N) is 4. The fourth-order valence-electron chi connectivity index (χ4n) is 6.51. The second kappa shape index (κ2) is 13.8. The summed E-state index contributed by atoms with van der Waals surface area (Å²) in [6.07, 6.45) is -0.398. The molecule has 1 saturated heterocycles. The third-order valence-electron chi connectivity index (χ3n) is 9.14. The molecule has 3 heterocycles. The third kappa shape index (κ3) is 7.23. The van der Waals surface area contributed by atoms with Crippen LogP contribution in [0.4, 0.5) is 36.2 Å². The van der Waals surface area contributed by atoms with E-state index in [1.54, 1.807) is 20.3 Å². The van der Waals surface area contributed by atoms with Crippen LogP contribution in [0, 0.1) is 0 Å². The predicted octanol–water partition coefficient (Wildman–Crippen LogP) is 6.20. The Morgan fingerprint density at radius 1 is 1.13 bits per heavy atom. The number of fused-ring (bicyclic) bond motifs is 1. The van der Waals surface area contributed by atoms with Crippen LogP contribution in [0.3, 0.4) is 0 Å². The van der Waals surface area contributed by atoms with E-state index >= 15 is 0 Å². The second-order valence-electron chi connectivity index (χ2n) is 12.5. The van der Waals surface area contributed by atoms with Gasteiger partial charge >= 0.3 is 6.18 Å². The van der Waals surface area contributed by atoms with Gasteiger partial charge in [-0.15, -0.1) is 0 Å². The summed E-state index contributed by atoms with van der Waals surface area (Å²) in [5, 5.41) is 5.95. The van der Waals surface area contributed by atoms with Crippen LogP contribution in [0.15, 0.2) is 42.6 Å². The molecular weight excluding hydrogens is 597 g/mol. The number of nitrogens with one attached hydrogen (secondary N) is 2. The fraction of sp³-hybridized carbons (Fsp3) is 0.500. The van der Waals surface area contributed by atoms with Gasteiger partial charge in [-0.25, -0.2) is 9.97 Å². The number of rotatable bonds is 12. The summed E-state index contributed by atoms with van der Waals surface area (Å²) in [5.41, 5.74) is 2.09. The minimum atomic E-state index is -4.62. The zero-order valence-corrected chi connectivity index (χ0v) is 27.1. The van der Waals surface area contributed by atoms with E-state index in [1.165, 1.54) is 0 Å². The molecule has 1 amide bonds. The van der Waals surface area contributed by atoms with Gasteiger partial charge in [-0.2, -0.15) is 13.2 Å². The zero-order chi connectivity index (χ0) is 33.1. The molecule has 0 spiro atoms. The summed E-state index contributed by atoms with van der Waals surface area (Å²) in [7, 11) is 5.45. The molecule has 0 atom stereocenters. The lowest BCUT2D eigenvalue weighted by Gasteiger charge is -2.38. The number of aryl methyl sites for hydroxylation is 2. The maximum atomic E-state index is 14.0. The number of hydrogen-bond donors (Lipinski definition) is 2. The van der Waals surface area contributed by atoms with Crippen molar-refractivity contribution in [2.45, 2.75) is 63.6 Å². The number of anilines is 4. The van der Waals surface area contributed by atoms with Crippen molar-refractivity contribution in [3.63, 3.8) is 0 Å². The number of aromatic nitrogens is 2. The molecule has 2 aliphatic rings. The molecule has 46 heavy (non-hydrogen) atoms. The Morgan fingerprint density at radius 3 is 2.59 bits per heavy atom. The average molecular weight is 641 g/mol. The van der Waals surface area contributed by atoms with E-state index in [0.717, 1.165) is 68.5 Å². The molecule has 2 N–H and O–H groups in total. The number of methoxy groups -OCH3 is 2. The van der Waals surface area contributed by atoms with Gasteiger partial charge < -0.3 is 29.9 Å². The zero-order valence-electron chi connectivity index (χ0n) is 27.1. The molecule has 0 radical (unpaired) electrons. The van der Waals surface area contributed by atoms with Gasteiger partial charge in [0.05, 0.1) is 29.5 Å². The Labute approximate surface area is 268 Å². The van der Waals surface area contributed by atoms with Crippen molar-refractivity contribution >= 4 is 28.9 Å². The summed E-state index contributed by atoms with van der Waals surface area (Å²) < 4.78 is 52.9. The Morgan fingerprint density at radius 2 is 1.89 bits per heavy atom. The van der Waals surface area contributed by atoms with Crippen LogP contribution < -0.4 is 20.3 Å². The van der Waals surface area contributed by atoms with Crippen LogP contribution in [-0.2, 0) is 34.0 Å². The van der Waals surface area contributed by atoms with Crippen LogP contribution in [-0.4, -0.2) is 74.3 Å². The number of amides is 1. The normalized spacial score (nSPS) is 16.5. The van der Waals surface area contributed by atoms with Crippen molar-refractivity contribution in [2.75, 3.05) is 63.0 Å². The van der Waals surface area contributed by atoms with Crippen LogP contribution in [0.5, 0.6) is 5.75 Å². The highest BCUT2D eigenvalue weighted by Crippen LogP contribution is 2.41. The first-order chi connectivity index (χ1) is 21.9. The highest BCUT2D eigenvalue weighted by Gasteiger charge is 2.40. The topological polar surface area (TPSA) is 91.9 Å². The number of ether oxygens (including phenoxy) is 2. The van der Waals surface area contributed by atoms with Gasteiger partial charge in [-0.05, 0) is 82.3 Å². The van der Waals surface area contributed by atoms with E-state index < -0.39 is 17.2 Å². The molecule has 3 aromatic rings. The van der Waals surface area contributed by atoms with Crippen LogP contribution in [0.1, 0.15) is 55.5 Å². The highest BCUT2D eigenvalue weighted by molar-refractivity contribution is 6.06. The van der Waals surface area contributed by atoms with Gasteiger partial charge in [0.2, 0.25) is 11.9 Å². The van der Waals surface area contributed by atoms with Gasteiger partial charge in [0.15, 0.2) is 0 Å². The van der Waals surface area contributed by atoms with Crippen molar-refractivity contribution in [1.29, 1.82) is 0 Å². The Kier molecular flexibility index (Phi) is 10.1. The van der Waals surface area contributed by atoms with Crippen molar-refractivity contribution in [2.24, 2.45) is 0 Å². The third-order valence-corrected chi connectivity index (χ3v) is 9.14. The van der Waals surface area contributed by atoms with E-state index in [0.29, 0.717) is 23.2 Å².